The van der Waals surface area contributed by atoms with Crippen LogP contribution in [0.1, 0.15) is 19.4 Å². The van der Waals surface area contributed by atoms with Crippen molar-refractivity contribution in [2.75, 3.05) is 6.54 Å². The molecule has 0 aliphatic heterocycles. The number of para-hydroxylation sites is 1. The first-order valence-corrected chi connectivity index (χ1v) is 6.78. The maximum Gasteiger partial charge on any atom is 0.188 e. The van der Waals surface area contributed by atoms with Crippen LogP contribution in [-0.2, 0) is 6.54 Å². The van der Waals surface area contributed by atoms with E-state index in [1.165, 1.54) is 0 Å². The standard InChI is InChI=1S/C15H21N5/c1-12(2)8-17-15(16)18-9-13-10-19-20(11-13)14-6-4-3-5-7-14/h3-7,10-12H,8-9H2,1-2H3,(H3,16,17,18). The number of nitrogens with zero attached hydrogens (tertiary/aromatic N) is 3. The molecule has 1 aromatic carbocycles. The van der Waals surface area contributed by atoms with E-state index in [2.05, 4.69) is 29.3 Å². The van der Waals surface area contributed by atoms with E-state index < -0.39 is 0 Å². The summed E-state index contributed by atoms with van der Waals surface area (Å²) in [6, 6.07) is 9.99. The van der Waals surface area contributed by atoms with Gasteiger partial charge in [-0.25, -0.2) is 9.67 Å². The quantitative estimate of drug-likeness (QED) is 0.645. The van der Waals surface area contributed by atoms with Gasteiger partial charge in [0.25, 0.3) is 0 Å². The topological polar surface area (TPSA) is 68.2 Å². The van der Waals surface area contributed by atoms with Crippen molar-refractivity contribution in [1.29, 1.82) is 0 Å². The molecule has 0 saturated carbocycles. The van der Waals surface area contributed by atoms with Gasteiger partial charge in [0.05, 0.1) is 18.4 Å². The van der Waals surface area contributed by atoms with Gasteiger partial charge in [-0.05, 0) is 18.1 Å². The van der Waals surface area contributed by atoms with Gasteiger partial charge in [-0.15, -0.1) is 0 Å². The first-order chi connectivity index (χ1) is 9.65. The minimum Gasteiger partial charge on any atom is -0.370 e. The molecule has 2 aromatic rings. The fourth-order valence-electron chi connectivity index (χ4n) is 1.70. The Labute approximate surface area is 119 Å². The van der Waals surface area contributed by atoms with Crippen LogP contribution in [0, 0.1) is 5.92 Å². The van der Waals surface area contributed by atoms with Crippen LogP contribution < -0.4 is 11.1 Å². The number of hydrogen-bond acceptors (Lipinski definition) is 2. The van der Waals surface area contributed by atoms with E-state index in [-0.39, 0.29) is 0 Å². The number of guanidine groups is 1. The molecule has 106 valence electrons. The lowest BCUT2D eigenvalue weighted by Crippen LogP contribution is -2.34. The molecule has 2 rings (SSSR count). The van der Waals surface area contributed by atoms with Crippen LogP contribution in [0.25, 0.3) is 5.69 Å². The van der Waals surface area contributed by atoms with Crippen molar-refractivity contribution in [3.63, 3.8) is 0 Å². The second-order valence-electron chi connectivity index (χ2n) is 5.10. The lowest BCUT2D eigenvalue weighted by atomic mass is 10.2. The largest absolute Gasteiger partial charge is 0.370 e. The Kier molecular flexibility index (Phi) is 4.76. The van der Waals surface area contributed by atoms with Crippen LogP contribution in [0.5, 0.6) is 0 Å². The van der Waals surface area contributed by atoms with Gasteiger partial charge >= 0.3 is 0 Å². The van der Waals surface area contributed by atoms with Gasteiger partial charge < -0.3 is 11.1 Å². The molecule has 0 aliphatic rings. The van der Waals surface area contributed by atoms with Gasteiger partial charge in [-0.2, -0.15) is 5.10 Å². The Hall–Kier alpha value is -2.30. The normalized spacial score (nSPS) is 11.8. The van der Waals surface area contributed by atoms with E-state index in [0.29, 0.717) is 18.4 Å². The summed E-state index contributed by atoms with van der Waals surface area (Å²) in [6.45, 7) is 5.62. The molecule has 0 aliphatic carbocycles. The van der Waals surface area contributed by atoms with Crippen LogP contribution in [0.3, 0.4) is 0 Å². The van der Waals surface area contributed by atoms with Gasteiger partial charge in [-0.3, -0.25) is 0 Å². The van der Waals surface area contributed by atoms with E-state index in [0.717, 1.165) is 17.8 Å². The summed E-state index contributed by atoms with van der Waals surface area (Å²) in [5.41, 5.74) is 7.87. The molecule has 0 unspecified atom stereocenters. The van der Waals surface area contributed by atoms with Gasteiger partial charge in [0.2, 0.25) is 0 Å². The molecule has 20 heavy (non-hydrogen) atoms. The Morgan fingerprint density at radius 2 is 2.10 bits per heavy atom. The monoisotopic (exact) mass is 271 g/mol. The lowest BCUT2D eigenvalue weighted by Gasteiger charge is -2.07. The van der Waals surface area contributed by atoms with Crippen molar-refractivity contribution in [1.82, 2.24) is 15.1 Å². The van der Waals surface area contributed by atoms with Crippen molar-refractivity contribution >= 4 is 5.96 Å². The summed E-state index contributed by atoms with van der Waals surface area (Å²) < 4.78 is 1.84. The molecule has 0 fully saturated rings. The van der Waals surface area contributed by atoms with E-state index in [1.807, 2.05) is 47.4 Å². The highest BCUT2D eigenvalue weighted by atomic mass is 15.3. The van der Waals surface area contributed by atoms with Crippen molar-refractivity contribution < 1.29 is 0 Å². The zero-order chi connectivity index (χ0) is 14.4. The van der Waals surface area contributed by atoms with Crippen LogP contribution in [-0.4, -0.2) is 22.3 Å². The minimum atomic E-state index is 0.478. The molecule has 3 N–H and O–H groups in total. The zero-order valence-electron chi connectivity index (χ0n) is 12.0. The van der Waals surface area contributed by atoms with E-state index in [9.17, 15) is 0 Å². The molecule has 0 spiro atoms. The average molecular weight is 271 g/mol. The van der Waals surface area contributed by atoms with E-state index >= 15 is 0 Å². The third kappa shape index (κ3) is 4.12. The average Bonchev–Trinajstić information content (AvgIpc) is 2.93. The SMILES string of the molecule is CC(C)CNC(N)=NCc1cnn(-c2ccccc2)c1. The number of nitrogens with one attached hydrogen (secondary N) is 1. The molecule has 0 radical (unpaired) electrons. The summed E-state index contributed by atoms with van der Waals surface area (Å²) in [6.07, 6.45) is 3.78. The third-order valence-electron chi connectivity index (χ3n) is 2.78. The molecule has 1 heterocycles. The highest BCUT2D eigenvalue weighted by Gasteiger charge is 2.00. The number of hydrogen-bond donors (Lipinski definition) is 2. The number of aliphatic imine (C=N–C) groups is 1. The molecule has 5 heteroatoms. The van der Waals surface area contributed by atoms with Gasteiger partial charge in [0.15, 0.2) is 5.96 Å². The van der Waals surface area contributed by atoms with Crippen LogP contribution in [0.2, 0.25) is 0 Å². The van der Waals surface area contributed by atoms with Crippen molar-refractivity contribution in [2.24, 2.45) is 16.6 Å². The maximum absolute atomic E-state index is 5.80. The molecule has 1 aromatic heterocycles. The number of rotatable bonds is 5. The molecule has 0 saturated heterocycles. The van der Waals surface area contributed by atoms with E-state index in [4.69, 9.17) is 5.73 Å². The molecule has 0 amide bonds. The summed E-state index contributed by atoms with van der Waals surface area (Å²) in [5, 5.41) is 7.42. The van der Waals surface area contributed by atoms with Gasteiger partial charge in [-0.1, -0.05) is 32.0 Å². The number of nitrogens with two attached hydrogens (primary N) is 1. The highest BCUT2D eigenvalue weighted by molar-refractivity contribution is 5.77. The Bertz CT molecular complexity index is 557. The van der Waals surface area contributed by atoms with Crippen molar-refractivity contribution in [3.05, 3.63) is 48.3 Å². The number of benzene rings is 1. The molecule has 0 bridgehead atoms. The molecular weight excluding hydrogens is 250 g/mol. The van der Waals surface area contributed by atoms with Crippen LogP contribution in [0.15, 0.2) is 47.7 Å². The van der Waals surface area contributed by atoms with Crippen molar-refractivity contribution in [2.45, 2.75) is 20.4 Å². The summed E-state index contributed by atoms with van der Waals surface area (Å²) >= 11 is 0. The second-order valence-corrected chi connectivity index (χ2v) is 5.10. The second kappa shape index (κ2) is 6.75. The zero-order valence-corrected chi connectivity index (χ0v) is 12.0. The van der Waals surface area contributed by atoms with Gasteiger partial charge in [0.1, 0.15) is 0 Å². The Morgan fingerprint density at radius 1 is 1.35 bits per heavy atom. The predicted molar refractivity (Wildman–Crippen MR) is 81.7 cm³/mol. The predicted octanol–water partition coefficient (Wildman–Crippen LogP) is 1.93. The summed E-state index contributed by atoms with van der Waals surface area (Å²) in [7, 11) is 0. The summed E-state index contributed by atoms with van der Waals surface area (Å²) in [5.74, 6) is 1.02. The first-order valence-electron chi connectivity index (χ1n) is 6.78. The highest BCUT2D eigenvalue weighted by Crippen LogP contribution is 2.08. The fraction of sp³-hybridized carbons (Fsp3) is 0.333. The van der Waals surface area contributed by atoms with Crippen molar-refractivity contribution in [3.8, 4) is 5.69 Å². The van der Waals surface area contributed by atoms with Crippen LogP contribution >= 0.6 is 0 Å². The molecule has 0 atom stereocenters. The van der Waals surface area contributed by atoms with Crippen LogP contribution in [0.4, 0.5) is 0 Å². The van der Waals surface area contributed by atoms with Gasteiger partial charge in [0, 0.05) is 18.3 Å². The summed E-state index contributed by atoms with van der Waals surface area (Å²) in [4.78, 5) is 4.30. The lowest BCUT2D eigenvalue weighted by molar-refractivity contribution is 0.622. The minimum absolute atomic E-state index is 0.478. The maximum atomic E-state index is 5.80. The Morgan fingerprint density at radius 3 is 2.80 bits per heavy atom. The first kappa shape index (κ1) is 14.1. The molecule has 5 nitrogen and oxygen atoms in total. The molecular formula is C15H21N5. The smallest absolute Gasteiger partial charge is 0.188 e. The third-order valence-corrected chi connectivity index (χ3v) is 2.78. The van der Waals surface area contributed by atoms with E-state index in [1.54, 1.807) is 0 Å². The Balaban J connectivity index is 1.95. The fourth-order valence-corrected chi connectivity index (χ4v) is 1.70. The number of aromatic nitrogens is 2.